The molecule has 1 aromatic heterocycles. The summed E-state index contributed by atoms with van der Waals surface area (Å²) in [6.07, 6.45) is 0.432. The van der Waals surface area contributed by atoms with E-state index in [1.807, 2.05) is 12.1 Å². The summed E-state index contributed by atoms with van der Waals surface area (Å²) in [7, 11) is 0. The molecule has 0 spiro atoms. The molecule has 1 aromatic carbocycles. The maximum atomic E-state index is 11.6. The van der Waals surface area contributed by atoms with E-state index in [9.17, 15) is 4.79 Å². The lowest BCUT2D eigenvalue weighted by Gasteiger charge is -2.27. The predicted octanol–water partition coefficient (Wildman–Crippen LogP) is 2.74. The zero-order chi connectivity index (χ0) is 12.0. The van der Waals surface area contributed by atoms with Crippen LogP contribution in [0.5, 0.6) is 5.75 Å². The minimum Gasteiger partial charge on any atom is -0.426 e. The molecule has 0 N–H and O–H groups in total. The van der Waals surface area contributed by atoms with Crippen molar-refractivity contribution < 1.29 is 9.53 Å². The van der Waals surface area contributed by atoms with Crippen LogP contribution in [0, 0.1) is 5.92 Å². The minimum absolute atomic E-state index is 0.154. The molecule has 3 rings (SSSR count). The highest BCUT2D eigenvalue weighted by molar-refractivity contribution is 7.00. The summed E-state index contributed by atoms with van der Waals surface area (Å²) in [5.74, 6) is 1.06. The smallest absolute Gasteiger partial charge is 0.311 e. The molecule has 1 aliphatic heterocycles. The topological polar surface area (TPSA) is 52.1 Å². The molecule has 2 heterocycles. The Bertz CT molecular complexity index is 591. The summed E-state index contributed by atoms with van der Waals surface area (Å²) < 4.78 is 13.8. The van der Waals surface area contributed by atoms with Gasteiger partial charge < -0.3 is 4.74 Å². The van der Waals surface area contributed by atoms with Gasteiger partial charge in [-0.2, -0.15) is 8.75 Å². The van der Waals surface area contributed by atoms with Gasteiger partial charge in [-0.25, -0.2) is 0 Å². The van der Waals surface area contributed by atoms with E-state index < -0.39 is 0 Å². The molecule has 2 aromatic rings. The van der Waals surface area contributed by atoms with E-state index in [0.29, 0.717) is 18.1 Å². The molecular formula is C12H12N2O2S. The number of nitrogens with zero attached hydrogens (tertiary/aromatic N) is 2. The number of carbonyl (C=O) groups is 1. The first-order chi connectivity index (χ1) is 8.16. The number of carbonyl (C=O) groups excluding carboxylic acids is 1. The molecular weight excluding hydrogens is 236 g/mol. The number of hydrogen-bond acceptors (Lipinski definition) is 5. The highest BCUT2D eigenvalue weighted by Crippen LogP contribution is 2.42. The first-order valence-corrected chi connectivity index (χ1v) is 6.35. The number of rotatable bonds is 1. The third-order valence-corrected chi connectivity index (χ3v) is 3.76. The Kier molecular flexibility index (Phi) is 2.36. The summed E-state index contributed by atoms with van der Waals surface area (Å²) in [6, 6.07) is 3.68. The average Bonchev–Trinajstić information content (AvgIpc) is 2.75. The average molecular weight is 248 g/mol. The highest BCUT2D eigenvalue weighted by Gasteiger charge is 2.31. The number of aromatic nitrogens is 2. The van der Waals surface area contributed by atoms with Crippen LogP contribution in [0.15, 0.2) is 12.1 Å². The van der Waals surface area contributed by atoms with Gasteiger partial charge in [0.2, 0.25) is 0 Å². The Morgan fingerprint density at radius 2 is 2.24 bits per heavy atom. The number of ether oxygens (including phenoxy) is 1. The zero-order valence-corrected chi connectivity index (χ0v) is 10.5. The van der Waals surface area contributed by atoms with E-state index in [1.54, 1.807) is 0 Å². The van der Waals surface area contributed by atoms with Gasteiger partial charge in [0.25, 0.3) is 0 Å². The Morgan fingerprint density at radius 1 is 1.41 bits per heavy atom. The number of esters is 1. The van der Waals surface area contributed by atoms with Gasteiger partial charge in [-0.05, 0) is 18.1 Å². The van der Waals surface area contributed by atoms with Crippen LogP contribution in [0.25, 0.3) is 11.0 Å². The second-order valence-electron chi connectivity index (χ2n) is 4.64. The SMILES string of the molecule is CC(C)[C@H]1CC(=O)Oc2ccc3nsnc3c21. The van der Waals surface area contributed by atoms with Crippen LogP contribution in [-0.4, -0.2) is 14.7 Å². The molecule has 0 saturated carbocycles. The van der Waals surface area contributed by atoms with Crippen molar-refractivity contribution in [1.82, 2.24) is 8.75 Å². The molecule has 1 atom stereocenters. The van der Waals surface area contributed by atoms with E-state index in [4.69, 9.17) is 4.74 Å². The molecule has 0 bridgehead atoms. The van der Waals surface area contributed by atoms with Gasteiger partial charge in [0.15, 0.2) is 0 Å². The largest absolute Gasteiger partial charge is 0.426 e. The van der Waals surface area contributed by atoms with Crippen molar-refractivity contribution in [3.63, 3.8) is 0 Å². The summed E-state index contributed by atoms with van der Waals surface area (Å²) in [5, 5.41) is 0. The quantitative estimate of drug-likeness (QED) is 0.575. The van der Waals surface area contributed by atoms with Crippen LogP contribution in [0.2, 0.25) is 0 Å². The molecule has 88 valence electrons. The van der Waals surface area contributed by atoms with Gasteiger partial charge in [-0.1, -0.05) is 13.8 Å². The van der Waals surface area contributed by atoms with Gasteiger partial charge in [-0.3, -0.25) is 4.79 Å². The Hall–Kier alpha value is -1.49. The van der Waals surface area contributed by atoms with Crippen molar-refractivity contribution in [3.8, 4) is 5.75 Å². The summed E-state index contributed by atoms with van der Waals surface area (Å²) in [4.78, 5) is 11.6. The lowest BCUT2D eigenvalue weighted by Crippen LogP contribution is -2.23. The molecule has 0 fully saturated rings. The van der Waals surface area contributed by atoms with Crippen LogP contribution in [0.1, 0.15) is 31.7 Å². The van der Waals surface area contributed by atoms with Gasteiger partial charge >= 0.3 is 5.97 Å². The van der Waals surface area contributed by atoms with Crippen molar-refractivity contribution in [2.45, 2.75) is 26.2 Å². The third kappa shape index (κ3) is 1.61. The number of fused-ring (bicyclic) bond motifs is 3. The van der Waals surface area contributed by atoms with E-state index in [0.717, 1.165) is 16.6 Å². The Labute approximate surface area is 103 Å². The number of benzene rings is 1. The molecule has 0 unspecified atom stereocenters. The maximum absolute atomic E-state index is 11.6. The summed E-state index contributed by atoms with van der Waals surface area (Å²) >= 11 is 1.20. The first-order valence-electron chi connectivity index (χ1n) is 5.62. The molecule has 1 aliphatic rings. The monoisotopic (exact) mass is 248 g/mol. The van der Waals surface area contributed by atoms with Gasteiger partial charge in [0.05, 0.1) is 18.1 Å². The van der Waals surface area contributed by atoms with E-state index in [1.165, 1.54) is 11.7 Å². The van der Waals surface area contributed by atoms with Crippen molar-refractivity contribution in [3.05, 3.63) is 17.7 Å². The third-order valence-electron chi connectivity index (χ3n) is 3.21. The summed E-state index contributed by atoms with van der Waals surface area (Å²) in [5.41, 5.74) is 2.82. The van der Waals surface area contributed by atoms with Gasteiger partial charge in [0, 0.05) is 11.5 Å². The molecule has 17 heavy (non-hydrogen) atoms. The molecule has 0 radical (unpaired) electrons. The fourth-order valence-electron chi connectivity index (χ4n) is 2.32. The lowest BCUT2D eigenvalue weighted by molar-refractivity contribution is -0.136. The van der Waals surface area contributed by atoms with Crippen LogP contribution in [0.3, 0.4) is 0 Å². The highest BCUT2D eigenvalue weighted by atomic mass is 32.1. The molecule has 0 aliphatic carbocycles. The second kappa shape index (κ2) is 3.77. The Morgan fingerprint density at radius 3 is 3.00 bits per heavy atom. The first kappa shape index (κ1) is 10.7. The predicted molar refractivity (Wildman–Crippen MR) is 65.2 cm³/mol. The normalized spacial score (nSPS) is 19.5. The van der Waals surface area contributed by atoms with E-state index >= 15 is 0 Å². The van der Waals surface area contributed by atoms with E-state index in [-0.39, 0.29) is 11.9 Å². The van der Waals surface area contributed by atoms with Gasteiger partial charge in [-0.15, -0.1) is 0 Å². The molecule has 0 saturated heterocycles. The molecule has 0 amide bonds. The van der Waals surface area contributed by atoms with Crippen LogP contribution < -0.4 is 4.74 Å². The zero-order valence-electron chi connectivity index (χ0n) is 9.64. The van der Waals surface area contributed by atoms with E-state index in [2.05, 4.69) is 22.6 Å². The fraction of sp³-hybridized carbons (Fsp3) is 0.417. The van der Waals surface area contributed by atoms with Gasteiger partial charge in [0.1, 0.15) is 16.8 Å². The van der Waals surface area contributed by atoms with Crippen molar-refractivity contribution in [2.75, 3.05) is 0 Å². The minimum atomic E-state index is -0.154. The van der Waals surface area contributed by atoms with Crippen molar-refractivity contribution in [2.24, 2.45) is 5.92 Å². The standard InChI is InChI=1S/C12H12N2O2S/c1-6(2)7-5-10(15)16-9-4-3-8-12(11(7)9)14-17-13-8/h3-4,6-7H,5H2,1-2H3/t7-/m1/s1. The lowest BCUT2D eigenvalue weighted by atomic mass is 9.83. The second-order valence-corrected chi connectivity index (χ2v) is 5.17. The van der Waals surface area contributed by atoms with Crippen molar-refractivity contribution >= 4 is 28.7 Å². The van der Waals surface area contributed by atoms with Crippen molar-refractivity contribution in [1.29, 1.82) is 0 Å². The molecule has 5 heteroatoms. The van der Waals surface area contributed by atoms with Crippen LogP contribution >= 0.6 is 11.7 Å². The van der Waals surface area contributed by atoms with Crippen LogP contribution in [-0.2, 0) is 4.79 Å². The molecule has 4 nitrogen and oxygen atoms in total. The van der Waals surface area contributed by atoms with Crippen LogP contribution in [0.4, 0.5) is 0 Å². The number of hydrogen-bond donors (Lipinski definition) is 0. The fourth-order valence-corrected chi connectivity index (χ4v) is 2.86. The summed E-state index contributed by atoms with van der Waals surface area (Å²) in [6.45, 7) is 4.23. The maximum Gasteiger partial charge on any atom is 0.311 e. The Balaban J connectivity index is 2.27.